The first kappa shape index (κ1) is 19.4. The molecule has 1 saturated heterocycles. The molecular weight excluding hydrogens is 375 g/mol. The van der Waals surface area contributed by atoms with E-state index in [9.17, 15) is 27.6 Å². The maximum Gasteiger partial charge on any atom is 0.416 e. The van der Waals surface area contributed by atoms with Gasteiger partial charge in [-0.1, -0.05) is 30.3 Å². The van der Waals surface area contributed by atoms with Crippen molar-refractivity contribution in [1.82, 2.24) is 10.2 Å². The minimum atomic E-state index is -4.59. The number of urea groups is 1. The number of carbonyl (C=O) groups is 3. The van der Waals surface area contributed by atoms with Gasteiger partial charge in [-0.2, -0.15) is 13.2 Å². The van der Waals surface area contributed by atoms with Crippen LogP contribution in [0.5, 0.6) is 0 Å². The van der Waals surface area contributed by atoms with E-state index in [2.05, 4.69) is 10.6 Å². The summed E-state index contributed by atoms with van der Waals surface area (Å²) < 4.78 is 38.9. The Morgan fingerprint density at radius 3 is 2.43 bits per heavy atom. The van der Waals surface area contributed by atoms with Crippen molar-refractivity contribution in [3.05, 3.63) is 65.7 Å². The number of hydrogen-bond acceptors (Lipinski definition) is 3. The number of para-hydroxylation sites is 1. The van der Waals surface area contributed by atoms with Crippen LogP contribution in [0, 0.1) is 0 Å². The first-order valence-corrected chi connectivity index (χ1v) is 8.28. The number of nitrogens with zero attached hydrogens (tertiary/aromatic N) is 1. The largest absolute Gasteiger partial charge is 0.416 e. The van der Waals surface area contributed by atoms with Crippen molar-refractivity contribution in [2.24, 2.45) is 0 Å². The van der Waals surface area contributed by atoms with Gasteiger partial charge in [0.2, 0.25) is 5.91 Å². The third kappa shape index (κ3) is 3.68. The molecule has 9 heteroatoms. The van der Waals surface area contributed by atoms with Gasteiger partial charge in [-0.3, -0.25) is 14.5 Å². The van der Waals surface area contributed by atoms with E-state index in [1.165, 1.54) is 13.0 Å². The summed E-state index contributed by atoms with van der Waals surface area (Å²) in [7, 11) is 0. The lowest BCUT2D eigenvalue weighted by molar-refractivity contribution is -0.138. The molecule has 2 aromatic carbocycles. The third-order valence-corrected chi connectivity index (χ3v) is 4.40. The minimum Gasteiger partial charge on any atom is -0.325 e. The standard InChI is InChI=1S/C19H16F3N3O3/c1-18(12-6-5-7-13(10-12)19(20,21)22)16(27)25(17(28)24-18)11-15(26)23-14-8-3-2-4-9-14/h2-10H,11H2,1H3,(H,23,26)(H,24,28). The number of hydrogen-bond donors (Lipinski definition) is 2. The van der Waals surface area contributed by atoms with Gasteiger partial charge in [0.15, 0.2) is 0 Å². The van der Waals surface area contributed by atoms with Crippen molar-refractivity contribution >= 4 is 23.5 Å². The van der Waals surface area contributed by atoms with E-state index in [0.29, 0.717) is 10.6 Å². The van der Waals surface area contributed by atoms with Crippen LogP contribution in [0.25, 0.3) is 0 Å². The fourth-order valence-electron chi connectivity index (χ4n) is 2.91. The van der Waals surface area contributed by atoms with Gasteiger partial charge in [0.25, 0.3) is 5.91 Å². The van der Waals surface area contributed by atoms with Gasteiger partial charge in [0.05, 0.1) is 5.56 Å². The molecule has 0 saturated carbocycles. The number of rotatable bonds is 4. The maximum absolute atomic E-state index is 13.0. The number of alkyl halides is 3. The molecule has 2 aromatic rings. The number of imide groups is 1. The Morgan fingerprint density at radius 1 is 1.11 bits per heavy atom. The van der Waals surface area contributed by atoms with Gasteiger partial charge in [-0.15, -0.1) is 0 Å². The third-order valence-electron chi connectivity index (χ3n) is 4.40. The molecule has 0 radical (unpaired) electrons. The lowest BCUT2D eigenvalue weighted by atomic mass is 9.90. The predicted molar refractivity (Wildman–Crippen MR) is 94.1 cm³/mol. The summed E-state index contributed by atoms with van der Waals surface area (Å²) in [6.45, 7) is 0.742. The van der Waals surface area contributed by atoms with E-state index in [-0.39, 0.29) is 5.56 Å². The van der Waals surface area contributed by atoms with E-state index in [1.807, 2.05) is 0 Å². The van der Waals surface area contributed by atoms with E-state index in [1.54, 1.807) is 30.3 Å². The highest BCUT2D eigenvalue weighted by Crippen LogP contribution is 2.34. The zero-order valence-electron chi connectivity index (χ0n) is 14.7. The van der Waals surface area contributed by atoms with E-state index >= 15 is 0 Å². The van der Waals surface area contributed by atoms with Crippen molar-refractivity contribution in [2.75, 3.05) is 11.9 Å². The van der Waals surface area contributed by atoms with Crippen LogP contribution in [0.3, 0.4) is 0 Å². The number of anilines is 1. The monoisotopic (exact) mass is 391 g/mol. The van der Waals surface area contributed by atoms with Crippen molar-refractivity contribution in [3.63, 3.8) is 0 Å². The summed E-state index contributed by atoms with van der Waals surface area (Å²) in [6.07, 6.45) is -4.59. The van der Waals surface area contributed by atoms with Crippen molar-refractivity contribution in [3.8, 4) is 0 Å². The molecule has 0 bridgehead atoms. The first-order valence-electron chi connectivity index (χ1n) is 8.28. The Morgan fingerprint density at radius 2 is 1.79 bits per heavy atom. The number of nitrogens with one attached hydrogen (secondary N) is 2. The van der Waals surface area contributed by atoms with Crippen LogP contribution in [0.2, 0.25) is 0 Å². The molecule has 1 aliphatic rings. The number of amides is 4. The Labute approximate surface area is 158 Å². The lowest BCUT2D eigenvalue weighted by Gasteiger charge is -2.23. The molecule has 4 amide bonds. The quantitative estimate of drug-likeness (QED) is 0.787. The van der Waals surface area contributed by atoms with Crippen LogP contribution < -0.4 is 10.6 Å². The molecule has 1 aliphatic heterocycles. The average Bonchev–Trinajstić information content (AvgIpc) is 2.86. The van der Waals surface area contributed by atoms with E-state index in [4.69, 9.17) is 0 Å². The fourth-order valence-corrected chi connectivity index (χ4v) is 2.91. The molecule has 1 heterocycles. The van der Waals surface area contributed by atoms with Gasteiger partial charge in [-0.05, 0) is 36.8 Å². The molecular formula is C19H16F3N3O3. The van der Waals surface area contributed by atoms with Crippen LogP contribution in [0.15, 0.2) is 54.6 Å². The van der Waals surface area contributed by atoms with Crippen LogP contribution in [0.1, 0.15) is 18.1 Å². The van der Waals surface area contributed by atoms with Crippen molar-refractivity contribution in [1.29, 1.82) is 0 Å². The van der Waals surface area contributed by atoms with Crippen LogP contribution in [0.4, 0.5) is 23.7 Å². The summed E-state index contributed by atoms with van der Waals surface area (Å²) in [6, 6.07) is 11.7. The van der Waals surface area contributed by atoms with Crippen molar-refractivity contribution in [2.45, 2.75) is 18.6 Å². The highest BCUT2D eigenvalue weighted by molar-refractivity contribution is 6.10. The second kappa shape index (κ2) is 6.99. The smallest absolute Gasteiger partial charge is 0.325 e. The normalized spacial score (nSPS) is 19.5. The Balaban J connectivity index is 1.80. The summed E-state index contributed by atoms with van der Waals surface area (Å²) in [5.74, 6) is -1.41. The summed E-state index contributed by atoms with van der Waals surface area (Å²) in [5, 5.41) is 4.93. The summed E-state index contributed by atoms with van der Waals surface area (Å²) in [4.78, 5) is 37.8. The fraction of sp³-hybridized carbons (Fsp3) is 0.211. The highest BCUT2D eigenvalue weighted by atomic mass is 19.4. The Bertz CT molecular complexity index is 931. The van der Waals surface area contributed by atoms with Crippen LogP contribution in [-0.4, -0.2) is 29.3 Å². The average molecular weight is 391 g/mol. The molecule has 0 aliphatic carbocycles. The van der Waals surface area contributed by atoms with Gasteiger partial charge < -0.3 is 10.6 Å². The van der Waals surface area contributed by atoms with Crippen molar-refractivity contribution < 1.29 is 27.6 Å². The minimum absolute atomic E-state index is 0.0216. The maximum atomic E-state index is 13.0. The Hall–Kier alpha value is -3.36. The molecule has 28 heavy (non-hydrogen) atoms. The molecule has 0 spiro atoms. The summed E-state index contributed by atoms with van der Waals surface area (Å²) >= 11 is 0. The predicted octanol–water partition coefficient (Wildman–Crippen LogP) is 3.11. The molecule has 1 unspecified atom stereocenters. The highest BCUT2D eigenvalue weighted by Gasteiger charge is 2.50. The van der Waals surface area contributed by atoms with Crippen LogP contribution >= 0.6 is 0 Å². The topological polar surface area (TPSA) is 78.5 Å². The number of halogens is 3. The second-order valence-corrected chi connectivity index (χ2v) is 6.44. The molecule has 1 fully saturated rings. The molecule has 146 valence electrons. The zero-order chi connectivity index (χ0) is 20.5. The van der Waals surface area contributed by atoms with Gasteiger partial charge in [0, 0.05) is 5.69 Å². The first-order chi connectivity index (χ1) is 13.1. The molecule has 0 aromatic heterocycles. The van der Waals surface area contributed by atoms with Crippen LogP contribution in [-0.2, 0) is 21.3 Å². The second-order valence-electron chi connectivity index (χ2n) is 6.44. The lowest BCUT2D eigenvalue weighted by Crippen LogP contribution is -2.42. The Kier molecular flexibility index (Phi) is 4.84. The van der Waals surface area contributed by atoms with Gasteiger partial charge in [0.1, 0.15) is 12.1 Å². The number of carbonyl (C=O) groups excluding carboxylic acids is 3. The molecule has 3 rings (SSSR count). The van der Waals surface area contributed by atoms with E-state index in [0.717, 1.165) is 18.2 Å². The molecule has 2 N–H and O–H groups in total. The van der Waals surface area contributed by atoms with Gasteiger partial charge in [-0.25, -0.2) is 4.79 Å². The molecule has 6 nitrogen and oxygen atoms in total. The molecule has 1 atom stereocenters. The SMILES string of the molecule is CC1(c2cccc(C(F)(F)F)c2)NC(=O)N(CC(=O)Nc2ccccc2)C1=O. The number of benzene rings is 2. The zero-order valence-corrected chi connectivity index (χ0v) is 14.7. The van der Waals surface area contributed by atoms with E-state index < -0.39 is 41.7 Å². The van der Waals surface area contributed by atoms with Gasteiger partial charge >= 0.3 is 12.2 Å². The summed E-state index contributed by atoms with van der Waals surface area (Å²) in [5.41, 5.74) is -2.17.